The predicted molar refractivity (Wildman–Crippen MR) is 131 cm³/mol. The Morgan fingerprint density at radius 1 is 1.44 bits per heavy atom. The fourth-order valence-electron chi connectivity index (χ4n) is 3.50. The van der Waals surface area contributed by atoms with Crippen molar-refractivity contribution in [3.63, 3.8) is 0 Å². The number of thiophene rings is 1. The number of thioether (sulfide) groups is 1. The van der Waals surface area contributed by atoms with Gasteiger partial charge >= 0.3 is 0 Å². The van der Waals surface area contributed by atoms with Crippen LogP contribution in [-0.4, -0.2) is 58.8 Å². The molecule has 1 atom stereocenters. The number of piperidine rings is 1. The number of ether oxygens (including phenoxy) is 1. The normalized spacial score (nSPS) is 16.2. The Hall–Kier alpha value is -2.40. The smallest absolute Gasteiger partial charge is 0.260 e. The van der Waals surface area contributed by atoms with Gasteiger partial charge < -0.3 is 20.5 Å². The number of amides is 1. The number of aliphatic hydroxyl groups is 1. The van der Waals surface area contributed by atoms with Gasteiger partial charge in [-0.2, -0.15) is 0 Å². The van der Waals surface area contributed by atoms with Crippen LogP contribution in [0.4, 0.5) is 0 Å². The molecule has 1 fully saturated rings. The van der Waals surface area contributed by atoms with E-state index in [4.69, 9.17) is 20.9 Å². The highest BCUT2D eigenvalue weighted by atomic mass is 32.2. The van der Waals surface area contributed by atoms with Crippen LogP contribution in [0.5, 0.6) is 5.75 Å². The molecule has 10 heteroatoms. The fraction of sp³-hybridized carbons (Fsp3) is 0.318. The SMILES string of the molecule is CSc1sc(C(=N)N)cc1-c1nc(-c2cccc(OCC(=O)N3CCCC(O)C3)c2)cs1. The number of nitrogens with one attached hydrogen (secondary N) is 1. The Labute approximate surface area is 198 Å². The third-order valence-corrected chi connectivity index (χ3v) is 8.30. The molecule has 2 aromatic heterocycles. The summed E-state index contributed by atoms with van der Waals surface area (Å²) < 4.78 is 6.82. The van der Waals surface area contributed by atoms with Gasteiger partial charge in [-0.25, -0.2) is 4.98 Å². The maximum atomic E-state index is 12.4. The summed E-state index contributed by atoms with van der Waals surface area (Å²) in [6, 6.07) is 9.45. The Bertz CT molecular complexity index is 1130. The van der Waals surface area contributed by atoms with Crippen LogP contribution in [0, 0.1) is 5.41 Å². The van der Waals surface area contributed by atoms with Crippen LogP contribution in [0.1, 0.15) is 17.7 Å². The number of carbonyl (C=O) groups excluding carboxylic acids is 1. The van der Waals surface area contributed by atoms with Crippen LogP contribution in [0.25, 0.3) is 21.8 Å². The summed E-state index contributed by atoms with van der Waals surface area (Å²) in [6.45, 7) is 0.973. The molecular formula is C22H24N4O3S3. The summed E-state index contributed by atoms with van der Waals surface area (Å²) in [5.41, 5.74) is 8.38. The van der Waals surface area contributed by atoms with Crippen LogP contribution >= 0.6 is 34.4 Å². The summed E-state index contributed by atoms with van der Waals surface area (Å²) in [7, 11) is 0. The molecule has 1 saturated heterocycles. The number of β-amino-alcohol motifs (C(OH)–C–C–N with tert-alkyl or cyclic N) is 1. The Kier molecular flexibility index (Phi) is 7.14. The lowest BCUT2D eigenvalue weighted by Gasteiger charge is -2.30. The molecule has 0 spiro atoms. The molecule has 1 aliphatic heterocycles. The molecule has 0 aliphatic carbocycles. The minimum Gasteiger partial charge on any atom is -0.484 e. The van der Waals surface area contributed by atoms with E-state index in [-0.39, 0.29) is 18.3 Å². The zero-order chi connectivity index (χ0) is 22.7. The number of nitrogen functional groups attached to an aromatic ring is 1. The highest BCUT2D eigenvalue weighted by Crippen LogP contribution is 2.40. The molecule has 32 heavy (non-hydrogen) atoms. The van der Waals surface area contributed by atoms with Crippen molar-refractivity contribution in [1.29, 1.82) is 5.41 Å². The number of rotatable bonds is 7. The van der Waals surface area contributed by atoms with E-state index < -0.39 is 6.10 Å². The monoisotopic (exact) mass is 488 g/mol. The summed E-state index contributed by atoms with van der Waals surface area (Å²) in [5.74, 6) is 0.544. The molecule has 1 amide bonds. The minimum atomic E-state index is -0.448. The highest BCUT2D eigenvalue weighted by molar-refractivity contribution is 8.00. The first-order chi connectivity index (χ1) is 15.4. The van der Waals surface area contributed by atoms with E-state index >= 15 is 0 Å². The summed E-state index contributed by atoms with van der Waals surface area (Å²) in [6.07, 6.45) is 3.10. The van der Waals surface area contributed by atoms with Crippen molar-refractivity contribution in [3.8, 4) is 27.6 Å². The van der Waals surface area contributed by atoms with E-state index in [2.05, 4.69) is 0 Å². The molecule has 7 nitrogen and oxygen atoms in total. The maximum Gasteiger partial charge on any atom is 0.260 e. The number of benzene rings is 1. The number of amidine groups is 1. The average Bonchev–Trinajstić information content (AvgIpc) is 3.45. The first-order valence-electron chi connectivity index (χ1n) is 10.1. The van der Waals surface area contributed by atoms with Gasteiger partial charge in [0.2, 0.25) is 0 Å². The van der Waals surface area contributed by atoms with E-state index in [0.29, 0.717) is 18.8 Å². The van der Waals surface area contributed by atoms with Crippen LogP contribution < -0.4 is 10.5 Å². The second-order valence-electron chi connectivity index (χ2n) is 7.42. The largest absolute Gasteiger partial charge is 0.484 e. The molecular weight excluding hydrogens is 464 g/mol. The Morgan fingerprint density at radius 3 is 3.03 bits per heavy atom. The number of nitrogens with zero attached hydrogens (tertiary/aromatic N) is 2. The van der Waals surface area contributed by atoms with Gasteiger partial charge in [0.15, 0.2) is 6.61 Å². The van der Waals surface area contributed by atoms with Crippen molar-refractivity contribution in [2.45, 2.75) is 23.2 Å². The van der Waals surface area contributed by atoms with Gasteiger partial charge in [0, 0.05) is 29.6 Å². The molecule has 3 aromatic rings. The zero-order valence-corrected chi connectivity index (χ0v) is 20.0. The standard InChI is InChI=1S/C22H24N4O3S3/c1-30-22-16(9-18(32-22)20(23)24)21-25-17(12-31-21)13-4-2-6-15(8-13)29-11-19(28)26-7-3-5-14(27)10-26/h2,4,6,8-9,12,14,27H,3,5,7,10-11H2,1H3,(H3,23,24). The third kappa shape index (κ3) is 5.15. The van der Waals surface area contributed by atoms with Crippen LogP contribution in [-0.2, 0) is 4.79 Å². The topological polar surface area (TPSA) is 113 Å². The predicted octanol–water partition coefficient (Wildman–Crippen LogP) is 3.91. The molecule has 1 aromatic carbocycles. The number of likely N-dealkylation sites (tertiary alicyclic amines) is 1. The summed E-state index contributed by atoms with van der Waals surface area (Å²) in [5, 5.41) is 20.3. The number of nitrogens with two attached hydrogens (primary N) is 1. The van der Waals surface area contributed by atoms with Gasteiger partial charge in [0.1, 0.15) is 16.6 Å². The minimum absolute atomic E-state index is 0.0572. The number of carbonyl (C=O) groups is 1. The van der Waals surface area contributed by atoms with E-state index in [0.717, 1.165) is 43.8 Å². The number of hydrogen-bond donors (Lipinski definition) is 3. The quantitative estimate of drug-likeness (QED) is 0.264. The molecule has 3 heterocycles. The summed E-state index contributed by atoms with van der Waals surface area (Å²) in [4.78, 5) is 19.6. The highest BCUT2D eigenvalue weighted by Gasteiger charge is 2.22. The molecule has 0 radical (unpaired) electrons. The van der Waals surface area contributed by atoms with Crippen LogP contribution in [0.2, 0.25) is 0 Å². The van der Waals surface area contributed by atoms with Crippen molar-refractivity contribution < 1.29 is 14.6 Å². The van der Waals surface area contributed by atoms with Gasteiger partial charge in [0.25, 0.3) is 5.91 Å². The lowest BCUT2D eigenvalue weighted by atomic mass is 10.1. The molecule has 4 rings (SSSR count). The first kappa shape index (κ1) is 22.8. The number of hydrogen-bond acceptors (Lipinski definition) is 8. The molecule has 1 aliphatic rings. The average molecular weight is 489 g/mol. The van der Waals surface area contributed by atoms with Crippen LogP contribution in [0.15, 0.2) is 39.9 Å². The van der Waals surface area contributed by atoms with Crippen molar-refractivity contribution in [2.75, 3.05) is 26.0 Å². The van der Waals surface area contributed by atoms with Gasteiger partial charge in [-0.1, -0.05) is 12.1 Å². The second-order valence-corrected chi connectivity index (χ2v) is 10.4. The van der Waals surface area contributed by atoms with E-state index in [9.17, 15) is 9.90 Å². The first-order valence-corrected chi connectivity index (χ1v) is 13.0. The molecule has 4 N–H and O–H groups in total. The van der Waals surface area contributed by atoms with Gasteiger partial charge in [-0.3, -0.25) is 10.2 Å². The molecule has 0 bridgehead atoms. The van der Waals surface area contributed by atoms with E-state index in [1.165, 1.54) is 11.3 Å². The molecule has 1 unspecified atom stereocenters. The van der Waals surface area contributed by atoms with Crippen LogP contribution in [0.3, 0.4) is 0 Å². The van der Waals surface area contributed by atoms with Gasteiger partial charge in [-0.15, -0.1) is 34.4 Å². The zero-order valence-electron chi connectivity index (χ0n) is 17.5. The van der Waals surface area contributed by atoms with Crippen molar-refractivity contribution in [1.82, 2.24) is 9.88 Å². The lowest BCUT2D eigenvalue weighted by molar-refractivity contribution is -0.136. The molecule has 0 saturated carbocycles. The Morgan fingerprint density at radius 2 is 2.28 bits per heavy atom. The number of aromatic nitrogens is 1. The van der Waals surface area contributed by atoms with Crippen molar-refractivity contribution in [2.24, 2.45) is 5.73 Å². The molecule has 168 valence electrons. The fourth-order valence-corrected chi connectivity index (χ4v) is 6.21. The number of aliphatic hydroxyl groups excluding tert-OH is 1. The number of thiazole rings is 1. The summed E-state index contributed by atoms with van der Waals surface area (Å²) >= 11 is 4.66. The van der Waals surface area contributed by atoms with Crippen molar-refractivity contribution >= 4 is 46.2 Å². The third-order valence-electron chi connectivity index (χ3n) is 5.12. The van der Waals surface area contributed by atoms with Crippen molar-refractivity contribution in [3.05, 3.63) is 40.6 Å². The maximum absolute atomic E-state index is 12.4. The van der Waals surface area contributed by atoms with E-state index in [1.54, 1.807) is 28.0 Å². The second kappa shape index (κ2) is 10.0. The lowest BCUT2D eigenvalue weighted by Crippen LogP contribution is -2.44. The Balaban J connectivity index is 1.47. The van der Waals surface area contributed by atoms with Gasteiger partial charge in [-0.05, 0) is 37.3 Å². The van der Waals surface area contributed by atoms with E-state index in [1.807, 2.05) is 42.0 Å². The van der Waals surface area contributed by atoms with Gasteiger partial charge in [0.05, 0.1) is 20.9 Å².